The fourth-order valence-corrected chi connectivity index (χ4v) is 2.13. The van der Waals surface area contributed by atoms with Crippen LogP contribution in [-0.4, -0.2) is 11.7 Å². The number of hydrogen-bond donors (Lipinski definition) is 2. The molecule has 2 heteroatoms. The number of rotatable bonds is 5. The molecule has 0 fully saturated rings. The van der Waals surface area contributed by atoms with E-state index in [1.807, 2.05) is 36.4 Å². The molecule has 0 heterocycles. The summed E-state index contributed by atoms with van der Waals surface area (Å²) in [5, 5.41) is 15.7. The molecule has 0 aromatic heterocycles. The Morgan fingerprint density at radius 1 is 1.28 bits per heavy atom. The standard InChI is InChI=1S/C16H19NO/c1-3-4-11-17-12(2)14-10-9-13-7-5-6-8-15(13)16(14)18/h3,5-10,12,17-18H,1,4,11H2,2H3. The smallest absolute Gasteiger partial charge is 0.128 e. The van der Waals surface area contributed by atoms with Gasteiger partial charge in [0, 0.05) is 17.0 Å². The molecule has 2 aromatic carbocycles. The molecule has 1 unspecified atom stereocenters. The van der Waals surface area contributed by atoms with Crippen molar-refractivity contribution in [2.75, 3.05) is 6.54 Å². The molecule has 94 valence electrons. The molecule has 2 N–H and O–H groups in total. The average molecular weight is 241 g/mol. The maximum absolute atomic E-state index is 10.3. The highest BCUT2D eigenvalue weighted by molar-refractivity contribution is 5.89. The number of fused-ring (bicyclic) bond motifs is 1. The predicted octanol–water partition coefficient (Wildman–Crippen LogP) is 3.77. The molecule has 2 rings (SSSR count). The SMILES string of the molecule is C=CCCNC(C)c1ccc2ccccc2c1O. The Balaban J connectivity index is 2.28. The zero-order valence-electron chi connectivity index (χ0n) is 10.7. The number of phenolic OH excluding ortho intramolecular Hbond substituents is 1. The highest BCUT2D eigenvalue weighted by atomic mass is 16.3. The molecule has 0 saturated carbocycles. The Labute approximate surface area is 108 Å². The second kappa shape index (κ2) is 5.69. The van der Waals surface area contributed by atoms with Gasteiger partial charge in [0.15, 0.2) is 0 Å². The lowest BCUT2D eigenvalue weighted by molar-refractivity contribution is 0.459. The topological polar surface area (TPSA) is 32.3 Å². The van der Waals surface area contributed by atoms with Gasteiger partial charge in [0.25, 0.3) is 0 Å². The van der Waals surface area contributed by atoms with Crippen LogP contribution < -0.4 is 5.32 Å². The van der Waals surface area contributed by atoms with Gasteiger partial charge in [-0.05, 0) is 25.3 Å². The molecule has 0 bridgehead atoms. The van der Waals surface area contributed by atoms with Crippen molar-refractivity contribution in [3.63, 3.8) is 0 Å². The van der Waals surface area contributed by atoms with Crippen LogP contribution in [0, 0.1) is 0 Å². The van der Waals surface area contributed by atoms with Crippen LogP contribution in [0.5, 0.6) is 5.75 Å². The first-order valence-electron chi connectivity index (χ1n) is 6.29. The van der Waals surface area contributed by atoms with E-state index >= 15 is 0 Å². The fourth-order valence-electron chi connectivity index (χ4n) is 2.13. The van der Waals surface area contributed by atoms with E-state index in [4.69, 9.17) is 0 Å². The molecule has 0 aliphatic carbocycles. The summed E-state index contributed by atoms with van der Waals surface area (Å²) in [7, 11) is 0. The van der Waals surface area contributed by atoms with E-state index in [1.165, 1.54) is 0 Å². The van der Waals surface area contributed by atoms with Gasteiger partial charge in [-0.1, -0.05) is 42.5 Å². The highest BCUT2D eigenvalue weighted by Crippen LogP contribution is 2.32. The first kappa shape index (κ1) is 12.7. The van der Waals surface area contributed by atoms with Crippen molar-refractivity contribution in [3.8, 4) is 5.75 Å². The zero-order chi connectivity index (χ0) is 13.0. The van der Waals surface area contributed by atoms with Crippen molar-refractivity contribution in [1.82, 2.24) is 5.32 Å². The van der Waals surface area contributed by atoms with Crippen molar-refractivity contribution in [1.29, 1.82) is 0 Å². The maximum atomic E-state index is 10.3. The third-order valence-electron chi connectivity index (χ3n) is 3.20. The van der Waals surface area contributed by atoms with Gasteiger partial charge >= 0.3 is 0 Å². The highest BCUT2D eigenvalue weighted by Gasteiger charge is 2.11. The summed E-state index contributed by atoms with van der Waals surface area (Å²) in [6.07, 6.45) is 2.82. The van der Waals surface area contributed by atoms with Crippen molar-refractivity contribution in [3.05, 3.63) is 54.6 Å². The minimum absolute atomic E-state index is 0.134. The van der Waals surface area contributed by atoms with E-state index in [9.17, 15) is 5.11 Å². The van der Waals surface area contributed by atoms with Crippen LogP contribution in [0.1, 0.15) is 24.9 Å². The van der Waals surface area contributed by atoms with Crippen LogP contribution in [0.2, 0.25) is 0 Å². The van der Waals surface area contributed by atoms with Crippen LogP contribution in [0.3, 0.4) is 0 Å². The second-order valence-corrected chi connectivity index (χ2v) is 4.48. The number of benzene rings is 2. The number of aromatic hydroxyl groups is 1. The Hall–Kier alpha value is -1.80. The predicted molar refractivity (Wildman–Crippen MR) is 76.8 cm³/mol. The number of nitrogens with one attached hydrogen (secondary N) is 1. The molecule has 0 aliphatic rings. The van der Waals surface area contributed by atoms with Crippen molar-refractivity contribution >= 4 is 10.8 Å². The first-order valence-corrected chi connectivity index (χ1v) is 6.29. The molecule has 0 radical (unpaired) electrons. The minimum atomic E-state index is 0.134. The maximum Gasteiger partial charge on any atom is 0.128 e. The van der Waals surface area contributed by atoms with Gasteiger partial charge in [-0.3, -0.25) is 0 Å². The third kappa shape index (κ3) is 2.54. The van der Waals surface area contributed by atoms with E-state index in [2.05, 4.69) is 24.9 Å². The lowest BCUT2D eigenvalue weighted by Crippen LogP contribution is -2.19. The van der Waals surface area contributed by atoms with Gasteiger partial charge in [-0.25, -0.2) is 0 Å². The average Bonchev–Trinajstić information content (AvgIpc) is 2.39. The Kier molecular flexibility index (Phi) is 4.00. The summed E-state index contributed by atoms with van der Waals surface area (Å²) < 4.78 is 0. The zero-order valence-corrected chi connectivity index (χ0v) is 10.7. The van der Waals surface area contributed by atoms with E-state index in [0.717, 1.165) is 29.3 Å². The molecule has 0 saturated heterocycles. The molecular weight excluding hydrogens is 222 g/mol. The fraction of sp³-hybridized carbons (Fsp3) is 0.250. The molecule has 0 spiro atoms. The summed E-state index contributed by atoms with van der Waals surface area (Å²) in [6, 6.07) is 12.1. The van der Waals surface area contributed by atoms with Gasteiger partial charge in [0.05, 0.1) is 0 Å². The minimum Gasteiger partial charge on any atom is -0.507 e. The van der Waals surface area contributed by atoms with E-state index in [0.29, 0.717) is 5.75 Å². The van der Waals surface area contributed by atoms with Crippen LogP contribution in [0.25, 0.3) is 10.8 Å². The van der Waals surface area contributed by atoms with Gasteiger partial charge in [0.2, 0.25) is 0 Å². The Morgan fingerprint density at radius 3 is 2.83 bits per heavy atom. The third-order valence-corrected chi connectivity index (χ3v) is 3.20. The van der Waals surface area contributed by atoms with Crippen LogP contribution in [-0.2, 0) is 0 Å². The van der Waals surface area contributed by atoms with Crippen molar-refractivity contribution in [2.24, 2.45) is 0 Å². The van der Waals surface area contributed by atoms with Crippen LogP contribution >= 0.6 is 0 Å². The molecule has 0 aliphatic heterocycles. The van der Waals surface area contributed by atoms with Crippen molar-refractivity contribution in [2.45, 2.75) is 19.4 Å². The molecule has 18 heavy (non-hydrogen) atoms. The largest absolute Gasteiger partial charge is 0.507 e. The van der Waals surface area contributed by atoms with Crippen molar-refractivity contribution < 1.29 is 5.11 Å². The molecule has 0 amide bonds. The Morgan fingerprint density at radius 2 is 2.06 bits per heavy atom. The molecule has 1 atom stereocenters. The molecular formula is C16H19NO. The summed E-state index contributed by atoms with van der Waals surface area (Å²) in [4.78, 5) is 0. The quantitative estimate of drug-likeness (QED) is 0.617. The number of hydrogen-bond acceptors (Lipinski definition) is 2. The summed E-state index contributed by atoms with van der Waals surface area (Å²) in [5.41, 5.74) is 0.942. The lowest BCUT2D eigenvalue weighted by atomic mass is 10.0. The van der Waals surface area contributed by atoms with Gasteiger partial charge in [-0.15, -0.1) is 6.58 Å². The molecule has 2 nitrogen and oxygen atoms in total. The van der Waals surface area contributed by atoms with Gasteiger partial charge < -0.3 is 10.4 Å². The van der Waals surface area contributed by atoms with Gasteiger partial charge in [-0.2, -0.15) is 0 Å². The van der Waals surface area contributed by atoms with Crippen LogP contribution in [0.4, 0.5) is 0 Å². The van der Waals surface area contributed by atoms with E-state index in [-0.39, 0.29) is 6.04 Å². The van der Waals surface area contributed by atoms with E-state index < -0.39 is 0 Å². The van der Waals surface area contributed by atoms with Crippen LogP contribution in [0.15, 0.2) is 49.1 Å². The lowest BCUT2D eigenvalue weighted by Gasteiger charge is -2.16. The summed E-state index contributed by atoms with van der Waals surface area (Å²) in [6.45, 7) is 6.63. The summed E-state index contributed by atoms with van der Waals surface area (Å²) >= 11 is 0. The monoisotopic (exact) mass is 241 g/mol. The number of phenols is 1. The summed E-state index contributed by atoms with van der Waals surface area (Å²) in [5.74, 6) is 0.381. The second-order valence-electron chi connectivity index (χ2n) is 4.48. The molecule has 2 aromatic rings. The normalized spacial score (nSPS) is 12.5. The Bertz CT molecular complexity index is 548. The first-order chi connectivity index (χ1) is 8.74. The van der Waals surface area contributed by atoms with Gasteiger partial charge in [0.1, 0.15) is 5.75 Å². The van der Waals surface area contributed by atoms with E-state index in [1.54, 1.807) is 0 Å².